The first kappa shape index (κ1) is 22.7. The van der Waals surface area contributed by atoms with Crippen LogP contribution in [-0.2, 0) is 14.3 Å². The quantitative estimate of drug-likeness (QED) is 0.547. The van der Waals surface area contributed by atoms with Gasteiger partial charge in [0.15, 0.2) is 0 Å². The van der Waals surface area contributed by atoms with Crippen molar-refractivity contribution < 1.29 is 24.2 Å². The number of carbonyl (C=O) groups excluding carboxylic acids is 2. The first-order chi connectivity index (χ1) is 13.6. The van der Waals surface area contributed by atoms with Crippen molar-refractivity contribution in [3.8, 4) is 5.75 Å². The zero-order valence-corrected chi connectivity index (χ0v) is 18.0. The van der Waals surface area contributed by atoms with Gasteiger partial charge in [-0.25, -0.2) is 4.79 Å². The maximum absolute atomic E-state index is 12.7. The van der Waals surface area contributed by atoms with Crippen molar-refractivity contribution in [1.82, 2.24) is 0 Å². The number of benzene rings is 1. The minimum Gasteiger partial charge on any atom is -0.508 e. The van der Waals surface area contributed by atoms with Gasteiger partial charge in [0.05, 0.1) is 5.56 Å². The molecule has 5 heteroatoms. The second kappa shape index (κ2) is 9.77. The monoisotopic (exact) mass is 400 g/mol. The van der Waals surface area contributed by atoms with Gasteiger partial charge in [-0.15, -0.1) is 0 Å². The summed E-state index contributed by atoms with van der Waals surface area (Å²) in [6, 6.07) is 6.01. The second-order valence-corrected chi connectivity index (χ2v) is 8.51. The van der Waals surface area contributed by atoms with E-state index in [4.69, 9.17) is 9.47 Å². The zero-order chi connectivity index (χ0) is 21.6. The van der Waals surface area contributed by atoms with Crippen molar-refractivity contribution in [3.63, 3.8) is 0 Å². The summed E-state index contributed by atoms with van der Waals surface area (Å²) in [6.45, 7) is 9.58. The molecule has 0 heterocycles. The van der Waals surface area contributed by atoms with E-state index in [9.17, 15) is 14.7 Å². The number of allylic oxidation sites excluding steroid dienone is 1. The Morgan fingerprint density at radius 2 is 1.76 bits per heavy atom. The van der Waals surface area contributed by atoms with Gasteiger partial charge in [0.2, 0.25) is 0 Å². The first-order valence-electron chi connectivity index (χ1n) is 10.1. The van der Waals surface area contributed by atoms with E-state index in [1.807, 2.05) is 13.0 Å². The standard InChI is InChI=1S/C24H32O5/c1-16-7-6-14-24(4,5)22(15-17(2)21(13-8-16)28-18(3)25)29-23(27)19-9-11-20(26)12-10-19/h8-12,15,21-22,26H,6-7,13-14H2,1-5H3/b16-8+,17-15+/t21-,22-/m0/s1. The van der Waals surface area contributed by atoms with Crippen LogP contribution in [0, 0.1) is 5.41 Å². The molecule has 0 bridgehead atoms. The number of hydrogen-bond donors (Lipinski definition) is 1. The van der Waals surface area contributed by atoms with Crippen LogP contribution in [0.3, 0.4) is 0 Å². The SMILES string of the molecule is CC(=O)O[C@H]1C/C=C(\C)CCCC(C)(C)[C@@H](OC(=O)c2ccc(O)cc2)/C=C/1C. The van der Waals surface area contributed by atoms with Crippen LogP contribution in [0.1, 0.15) is 70.7 Å². The summed E-state index contributed by atoms with van der Waals surface area (Å²) in [5.41, 5.74) is 2.22. The molecule has 0 unspecified atom stereocenters. The summed E-state index contributed by atoms with van der Waals surface area (Å²) >= 11 is 0. The number of rotatable bonds is 3. The van der Waals surface area contributed by atoms with Crippen molar-refractivity contribution in [2.75, 3.05) is 0 Å². The highest BCUT2D eigenvalue weighted by Crippen LogP contribution is 2.34. The van der Waals surface area contributed by atoms with Gasteiger partial charge in [-0.1, -0.05) is 25.5 Å². The summed E-state index contributed by atoms with van der Waals surface area (Å²) in [4.78, 5) is 24.3. The van der Waals surface area contributed by atoms with Crippen molar-refractivity contribution in [1.29, 1.82) is 0 Å². The third kappa shape index (κ3) is 6.77. The normalized spacial score (nSPS) is 26.1. The molecule has 0 spiro atoms. The number of phenols is 1. The van der Waals surface area contributed by atoms with Gasteiger partial charge in [0, 0.05) is 18.8 Å². The van der Waals surface area contributed by atoms with Crippen LogP contribution in [0.25, 0.3) is 0 Å². The summed E-state index contributed by atoms with van der Waals surface area (Å²) in [6.07, 6.45) is 6.61. The van der Waals surface area contributed by atoms with Crippen LogP contribution >= 0.6 is 0 Å². The molecule has 0 saturated heterocycles. The van der Waals surface area contributed by atoms with Gasteiger partial charge in [-0.3, -0.25) is 4.79 Å². The molecule has 0 amide bonds. The molecule has 1 N–H and O–H groups in total. The van der Waals surface area contributed by atoms with Crippen molar-refractivity contribution in [2.45, 2.75) is 72.5 Å². The van der Waals surface area contributed by atoms with E-state index in [0.29, 0.717) is 12.0 Å². The average Bonchev–Trinajstić information content (AvgIpc) is 2.65. The van der Waals surface area contributed by atoms with Crippen molar-refractivity contribution >= 4 is 11.9 Å². The molecule has 0 aromatic heterocycles. The molecule has 158 valence electrons. The Morgan fingerprint density at radius 1 is 1.10 bits per heavy atom. The molecule has 29 heavy (non-hydrogen) atoms. The van der Waals surface area contributed by atoms with Gasteiger partial charge in [-0.2, -0.15) is 0 Å². The average molecular weight is 401 g/mol. The highest BCUT2D eigenvalue weighted by atomic mass is 16.5. The first-order valence-corrected chi connectivity index (χ1v) is 10.1. The Labute approximate surface area is 173 Å². The van der Waals surface area contributed by atoms with Crippen molar-refractivity contribution in [3.05, 3.63) is 53.1 Å². The topological polar surface area (TPSA) is 72.8 Å². The van der Waals surface area contributed by atoms with Crippen LogP contribution in [-0.4, -0.2) is 29.3 Å². The van der Waals surface area contributed by atoms with Gasteiger partial charge >= 0.3 is 11.9 Å². The number of aromatic hydroxyl groups is 1. The van der Waals surface area contributed by atoms with Crippen LogP contribution in [0.15, 0.2) is 47.6 Å². The largest absolute Gasteiger partial charge is 0.508 e. The number of carbonyl (C=O) groups is 2. The van der Waals surface area contributed by atoms with E-state index < -0.39 is 12.1 Å². The van der Waals surface area contributed by atoms with Gasteiger partial charge in [0.25, 0.3) is 0 Å². The summed E-state index contributed by atoms with van der Waals surface area (Å²) in [7, 11) is 0. The minimum absolute atomic E-state index is 0.0969. The third-order valence-corrected chi connectivity index (χ3v) is 5.41. The minimum atomic E-state index is -0.472. The molecule has 2 atom stereocenters. The Balaban J connectivity index is 2.34. The fourth-order valence-corrected chi connectivity index (χ4v) is 3.45. The molecule has 5 nitrogen and oxygen atoms in total. The predicted molar refractivity (Wildman–Crippen MR) is 113 cm³/mol. The van der Waals surface area contributed by atoms with E-state index in [1.165, 1.54) is 24.6 Å². The van der Waals surface area contributed by atoms with Crippen LogP contribution < -0.4 is 0 Å². The summed E-state index contributed by atoms with van der Waals surface area (Å²) in [5.74, 6) is -0.680. The Bertz CT molecular complexity index is 786. The Hall–Kier alpha value is -2.56. The smallest absolute Gasteiger partial charge is 0.338 e. The molecule has 1 aromatic carbocycles. The zero-order valence-electron chi connectivity index (χ0n) is 18.0. The molecule has 1 aromatic rings. The Morgan fingerprint density at radius 3 is 2.38 bits per heavy atom. The predicted octanol–water partition coefficient (Wildman–Crippen LogP) is 5.34. The lowest BCUT2D eigenvalue weighted by atomic mass is 9.80. The van der Waals surface area contributed by atoms with E-state index in [0.717, 1.165) is 24.8 Å². The van der Waals surface area contributed by atoms with E-state index >= 15 is 0 Å². The number of ether oxygens (including phenoxy) is 2. The summed E-state index contributed by atoms with van der Waals surface area (Å²) in [5, 5.41) is 9.45. The highest BCUT2D eigenvalue weighted by Gasteiger charge is 2.32. The maximum atomic E-state index is 12.7. The van der Waals surface area contributed by atoms with Crippen molar-refractivity contribution in [2.24, 2.45) is 5.41 Å². The third-order valence-electron chi connectivity index (χ3n) is 5.41. The number of phenolic OH excluding ortho intramolecular Hbond substituents is 1. The molecular weight excluding hydrogens is 368 g/mol. The maximum Gasteiger partial charge on any atom is 0.338 e. The van der Waals surface area contributed by atoms with E-state index in [2.05, 4.69) is 26.8 Å². The van der Waals surface area contributed by atoms with Gasteiger partial charge in [-0.05, 0) is 69.0 Å². The van der Waals surface area contributed by atoms with Gasteiger partial charge < -0.3 is 14.6 Å². The lowest BCUT2D eigenvalue weighted by Crippen LogP contribution is -2.33. The van der Waals surface area contributed by atoms with Crippen LogP contribution in [0.2, 0.25) is 0 Å². The Kier molecular flexibility index (Phi) is 7.66. The summed E-state index contributed by atoms with van der Waals surface area (Å²) < 4.78 is 11.4. The number of hydrogen-bond acceptors (Lipinski definition) is 5. The highest BCUT2D eigenvalue weighted by molar-refractivity contribution is 5.89. The lowest BCUT2D eigenvalue weighted by Gasteiger charge is -2.33. The molecule has 0 aliphatic heterocycles. The molecule has 1 aliphatic rings. The van der Waals surface area contributed by atoms with Gasteiger partial charge in [0.1, 0.15) is 18.0 Å². The molecular formula is C24H32O5. The molecule has 2 rings (SSSR count). The second-order valence-electron chi connectivity index (χ2n) is 8.51. The molecule has 1 aliphatic carbocycles. The molecule has 0 fully saturated rings. The molecule has 0 saturated carbocycles. The fourth-order valence-electron chi connectivity index (χ4n) is 3.45. The van der Waals surface area contributed by atoms with Crippen LogP contribution in [0.4, 0.5) is 0 Å². The molecule has 0 radical (unpaired) electrons. The van der Waals surface area contributed by atoms with E-state index in [1.54, 1.807) is 12.1 Å². The fraction of sp³-hybridized carbons (Fsp3) is 0.500. The lowest BCUT2D eigenvalue weighted by molar-refractivity contribution is -0.144. The van der Waals surface area contributed by atoms with Crippen LogP contribution in [0.5, 0.6) is 5.75 Å². The van der Waals surface area contributed by atoms with E-state index in [-0.39, 0.29) is 23.2 Å². The number of esters is 2.